The zero-order valence-electron chi connectivity index (χ0n) is 13.7. The van der Waals surface area contributed by atoms with E-state index >= 15 is 0 Å². The third kappa shape index (κ3) is 4.03. The first-order chi connectivity index (χ1) is 12.1. The van der Waals surface area contributed by atoms with Gasteiger partial charge in [-0.05, 0) is 25.0 Å². The zero-order valence-corrected chi connectivity index (χ0v) is 13.7. The smallest absolute Gasteiger partial charge is 0.270 e. The number of para-hydroxylation sites is 1. The summed E-state index contributed by atoms with van der Waals surface area (Å²) in [7, 11) is 0. The molecule has 1 fully saturated rings. The fraction of sp³-hybridized carbons (Fsp3) is 0.389. The molecule has 6 nitrogen and oxygen atoms in total. The van der Waals surface area contributed by atoms with Crippen molar-refractivity contribution in [1.82, 2.24) is 14.9 Å². The van der Waals surface area contributed by atoms with Crippen LogP contribution in [0, 0.1) is 22.6 Å². The minimum Gasteiger partial charge on any atom is -0.489 e. The van der Waals surface area contributed by atoms with E-state index < -0.39 is 11.2 Å². The molecule has 130 valence electrons. The van der Waals surface area contributed by atoms with Gasteiger partial charge in [-0.1, -0.05) is 12.1 Å². The van der Waals surface area contributed by atoms with Crippen LogP contribution in [0.5, 0.6) is 5.75 Å². The summed E-state index contributed by atoms with van der Waals surface area (Å²) in [4.78, 5) is 20.5. The summed E-state index contributed by atoms with van der Waals surface area (Å²) in [6.45, 7) is 1.92. The van der Waals surface area contributed by atoms with E-state index in [0.29, 0.717) is 38.2 Å². The highest BCUT2D eigenvalue weighted by Crippen LogP contribution is 2.32. The summed E-state index contributed by atoms with van der Waals surface area (Å²) in [6.07, 6.45) is 4.26. The third-order valence-corrected chi connectivity index (χ3v) is 4.55. The lowest BCUT2D eigenvalue weighted by Gasteiger charge is -2.36. The number of nitrogens with zero attached hydrogens (tertiary/aromatic N) is 3. The predicted molar refractivity (Wildman–Crippen MR) is 89.3 cm³/mol. The Morgan fingerprint density at radius 2 is 2.12 bits per heavy atom. The van der Waals surface area contributed by atoms with Crippen LogP contribution in [0.15, 0.2) is 41.5 Å². The van der Waals surface area contributed by atoms with Gasteiger partial charge < -0.3 is 9.72 Å². The van der Waals surface area contributed by atoms with Gasteiger partial charge in [0.15, 0.2) is 11.6 Å². The largest absolute Gasteiger partial charge is 0.489 e. The third-order valence-electron chi connectivity index (χ3n) is 4.55. The highest BCUT2D eigenvalue weighted by Gasteiger charge is 2.36. The van der Waals surface area contributed by atoms with Gasteiger partial charge in [0, 0.05) is 32.0 Å². The average molecular weight is 342 g/mol. The van der Waals surface area contributed by atoms with E-state index in [0.717, 1.165) is 0 Å². The van der Waals surface area contributed by atoms with Gasteiger partial charge in [-0.25, -0.2) is 4.39 Å². The molecule has 0 bridgehead atoms. The molecular weight excluding hydrogens is 323 g/mol. The SMILES string of the molecule is N#CC1(COc2ccccc2F)CCN(Cc2ncc[nH]c2=O)CC1. The summed E-state index contributed by atoms with van der Waals surface area (Å²) in [5, 5.41) is 9.60. The lowest BCUT2D eigenvalue weighted by atomic mass is 9.80. The van der Waals surface area contributed by atoms with Crippen molar-refractivity contribution in [2.45, 2.75) is 19.4 Å². The number of benzene rings is 1. The van der Waals surface area contributed by atoms with Crippen molar-refractivity contribution in [1.29, 1.82) is 5.26 Å². The minimum atomic E-state index is -0.644. The molecule has 1 N–H and O–H groups in total. The first kappa shape index (κ1) is 17.1. The predicted octanol–water partition coefficient (Wildman–Crippen LogP) is 2.09. The number of halogens is 1. The molecule has 1 aromatic carbocycles. The van der Waals surface area contributed by atoms with E-state index in [4.69, 9.17) is 4.74 Å². The van der Waals surface area contributed by atoms with Crippen LogP contribution in [0.25, 0.3) is 0 Å². The highest BCUT2D eigenvalue weighted by molar-refractivity contribution is 5.24. The first-order valence-electron chi connectivity index (χ1n) is 8.15. The van der Waals surface area contributed by atoms with E-state index in [1.807, 2.05) is 0 Å². The first-order valence-corrected chi connectivity index (χ1v) is 8.15. The number of hydrogen-bond donors (Lipinski definition) is 1. The maximum absolute atomic E-state index is 13.7. The second-order valence-corrected chi connectivity index (χ2v) is 6.25. The number of nitriles is 1. The van der Waals surface area contributed by atoms with E-state index in [1.165, 1.54) is 12.3 Å². The second-order valence-electron chi connectivity index (χ2n) is 6.25. The van der Waals surface area contributed by atoms with Crippen LogP contribution in [0.2, 0.25) is 0 Å². The molecule has 0 spiro atoms. The van der Waals surface area contributed by atoms with Crippen LogP contribution in [0.1, 0.15) is 18.5 Å². The van der Waals surface area contributed by atoms with Gasteiger partial charge in [-0.3, -0.25) is 14.7 Å². The molecule has 0 unspecified atom stereocenters. The van der Waals surface area contributed by atoms with Gasteiger partial charge in [-0.15, -0.1) is 0 Å². The van der Waals surface area contributed by atoms with Crippen LogP contribution in [-0.2, 0) is 6.54 Å². The maximum atomic E-state index is 13.7. The van der Waals surface area contributed by atoms with E-state index in [1.54, 1.807) is 24.4 Å². The molecule has 1 saturated heterocycles. The number of H-pyrrole nitrogens is 1. The lowest BCUT2D eigenvalue weighted by Crippen LogP contribution is -2.42. The molecule has 0 radical (unpaired) electrons. The van der Waals surface area contributed by atoms with Gasteiger partial charge in [0.05, 0.1) is 11.5 Å². The van der Waals surface area contributed by atoms with Crippen LogP contribution in [-0.4, -0.2) is 34.6 Å². The zero-order chi connectivity index (χ0) is 17.7. The molecular formula is C18H19FN4O2. The molecule has 7 heteroatoms. The topological polar surface area (TPSA) is 82.0 Å². The molecule has 0 atom stereocenters. The second kappa shape index (κ2) is 7.45. The Kier molecular flexibility index (Phi) is 5.10. The van der Waals surface area contributed by atoms with Crippen molar-refractivity contribution >= 4 is 0 Å². The Hall–Kier alpha value is -2.72. The van der Waals surface area contributed by atoms with E-state index in [9.17, 15) is 14.4 Å². The van der Waals surface area contributed by atoms with Crippen LogP contribution < -0.4 is 10.3 Å². The van der Waals surface area contributed by atoms with Gasteiger partial charge in [-0.2, -0.15) is 5.26 Å². The number of hydrogen-bond acceptors (Lipinski definition) is 5. The quantitative estimate of drug-likeness (QED) is 0.900. The molecule has 0 amide bonds. The Labute approximate surface area is 144 Å². The average Bonchev–Trinajstić information content (AvgIpc) is 2.64. The monoisotopic (exact) mass is 342 g/mol. The molecule has 1 aliphatic heterocycles. The molecule has 0 aliphatic carbocycles. The molecule has 2 heterocycles. The molecule has 25 heavy (non-hydrogen) atoms. The van der Waals surface area contributed by atoms with Crippen LogP contribution >= 0.6 is 0 Å². The molecule has 2 aromatic rings. The fourth-order valence-electron chi connectivity index (χ4n) is 2.91. The Morgan fingerprint density at radius 1 is 1.36 bits per heavy atom. The number of aromatic nitrogens is 2. The standard InChI is InChI=1S/C18H19FN4O2/c19-14-3-1-2-4-16(14)25-13-18(12-20)5-9-23(10-6-18)11-15-17(24)22-8-7-21-15/h1-4,7-8H,5-6,9-11,13H2,(H,22,24). The van der Waals surface area contributed by atoms with Crippen molar-refractivity contribution in [3.8, 4) is 11.8 Å². The van der Waals surface area contributed by atoms with Gasteiger partial charge in [0.2, 0.25) is 0 Å². The van der Waals surface area contributed by atoms with Crippen molar-refractivity contribution in [2.75, 3.05) is 19.7 Å². The number of aromatic amines is 1. The Morgan fingerprint density at radius 3 is 2.80 bits per heavy atom. The summed E-state index contributed by atoms with van der Waals surface area (Å²) < 4.78 is 19.2. The molecule has 1 aromatic heterocycles. The molecule has 0 saturated carbocycles. The Bertz CT molecular complexity index is 822. The summed E-state index contributed by atoms with van der Waals surface area (Å²) in [5.74, 6) is -0.262. The molecule has 1 aliphatic rings. The number of likely N-dealkylation sites (tertiary alicyclic amines) is 1. The van der Waals surface area contributed by atoms with Crippen molar-refractivity contribution in [3.63, 3.8) is 0 Å². The molecule has 3 rings (SSSR count). The van der Waals surface area contributed by atoms with Crippen LogP contribution in [0.3, 0.4) is 0 Å². The van der Waals surface area contributed by atoms with E-state index in [2.05, 4.69) is 20.9 Å². The number of ether oxygens (including phenoxy) is 1. The van der Waals surface area contributed by atoms with Crippen molar-refractivity contribution in [2.24, 2.45) is 5.41 Å². The normalized spacial score (nSPS) is 17.0. The Balaban J connectivity index is 1.59. The minimum absolute atomic E-state index is 0.155. The van der Waals surface area contributed by atoms with E-state index in [-0.39, 0.29) is 17.9 Å². The summed E-state index contributed by atoms with van der Waals surface area (Å²) in [5.41, 5.74) is -0.368. The van der Waals surface area contributed by atoms with Crippen LogP contribution in [0.4, 0.5) is 4.39 Å². The number of piperidine rings is 1. The summed E-state index contributed by atoms with van der Waals surface area (Å²) >= 11 is 0. The summed E-state index contributed by atoms with van der Waals surface area (Å²) in [6, 6.07) is 8.53. The van der Waals surface area contributed by atoms with Gasteiger partial charge in [0.1, 0.15) is 12.3 Å². The van der Waals surface area contributed by atoms with Gasteiger partial charge in [0.25, 0.3) is 5.56 Å². The lowest BCUT2D eigenvalue weighted by molar-refractivity contribution is 0.0896. The fourth-order valence-corrected chi connectivity index (χ4v) is 2.91. The maximum Gasteiger partial charge on any atom is 0.270 e. The number of rotatable bonds is 5. The van der Waals surface area contributed by atoms with Gasteiger partial charge >= 0.3 is 0 Å². The number of nitrogens with one attached hydrogen (secondary N) is 1. The van der Waals surface area contributed by atoms with Crippen molar-refractivity contribution in [3.05, 3.63) is 58.5 Å². The van der Waals surface area contributed by atoms with Crippen molar-refractivity contribution < 1.29 is 9.13 Å². The highest BCUT2D eigenvalue weighted by atomic mass is 19.1.